The van der Waals surface area contributed by atoms with Gasteiger partial charge >= 0.3 is 0 Å². The SMILES string of the molecule is CCCNc1ncc(CN2CC3CCCN3CC2C)s1. The zero-order chi connectivity index (χ0) is 13.9. The summed E-state index contributed by atoms with van der Waals surface area (Å²) in [6.07, 6.45) is 5.97. The minimum absolute atomic E-state index is 0.665. The van der Waals surface area contributed by atoms with Crippen molar-refractivity contribution in [2.75, 3.05) is 31.5 Å². The lowest BCUT2D eigenvalue weighted by Gasteiger charge is -2.42. The first-order chi connectivity index (χ1) is 9.76. The zero-order valence-corrected chi connectivity index (χ0v) is 13.5. The maximum atomic E-state index is 4.48. The van der Waals surface area contributed by atoms with Crippen molar-refractivity contribution in [2.45, 2.75) is 51.7 Å². The van der Waals surface area contributed by atoms with E-state index in [1.807, 2.05) is 11.3 Å². The minimum Gasteiger partial charge on any atom is -0.362 e. The number of fused-ring (bicyclic) bond motifs is 1. The molecule has 1 aromatic heterocycles. The Hall–Kier alpha value is -0.650. The van der Waals surface area contributed by atoms with Crippen LogP contribution in [0.5, 0.6) is 0 Å². The van der Waals surface area contributed by atoms with E-state index in [1.165, 1.54) is 37.4 Å². The van der Waals surface area contributed by atoms with Crippen molar-refractivity contribution in [1.82, 2.24) is 14.8 Å². The number of thiazole rings is 1. The summed E-state index contributed by atoms with van der Waals surface area (Å²) in [7, 11) is 0. The predicted octanol–water partition coefficient (Wildman–Crippen LogP) is 2.63. The average molecular weight is 294 g/mol. The molecule has 1 N–H and O–H groups in total. The smallest absolute Gasteiger partial charge is 0.182 e. The average Bonchev–Trinajstić information content (AvgIpc) is 3.06. The molecule has 0 saturated carbocycles. The van der Waals surface area contributed by atoms with Crippen molar-refractivity contribution in [3.63, 3.8) is 0 Å². The Bertz CT molecular complexity index is 433. The highest BCUT2D eigenvalue weighted by Gasteiger charge is 2.34. The van der Waals surface area contributed by atoms with Gasteiger partial charge in [-0.15, -0.1) is 11.3 Å². The fraction of sp³-hybridized carbons (Fsp3) is 0.800. The molecular formula is C15H26N4S. The number of piperazine rings is 1. The van der Waals surface area contributed by atoms with Gasteiger partial charge < -0.3 is 5.32 Å². The number of rotatable bonds is 5. The highest BCUT2D eigenvalue weighted by Crippen LogP contribution is 2.27. The Labute approximate surface area is 126 Å². The lowest BCUT2D eigenvalue weighted by molar-refractivity contribution is 0.0547. The standard InChI is InChI=1S/C15H26N4S/c1-3-6-16-15-17-8-14(20-15)11-19-10-13-5-4-7-18(13)9-12(19)2/h8,12-13H,3-7,9-11H2,1-2H3,(H,16,17). The van der Waals surface area contributed by atoms with Crippen LogP contribution in [0.25, 0.3) is 0 Å². The molecule has 0 amide bonds. The number of anilines is 1. The molecule has 2 fully saturated rings. The third kappa shape index (κ3) is 3.15. The predicted molar refractivity (Wildman–Crippen MR) is 85.4 cm³/mol. The van der Waals surface area contributed by atoms with Gasteiger partial charge in [0.2, 0.25) is 0 Å². The van der Waals surface area contributed by atoms with Crippen LogP contribution in [0, 0.1) is 0 Å². The molecule has 2 unspecified atom stereocenters. The quantitative estimate of drug-likeness (QED) is 0.904. The van der Waals surface area contributed by atoms with Crippen molar-refractivity contribution < 1.29 is 0 Å². The van der Waals surface area contributed by atoms with Gasteiger partial charge in [-0.2, -0.15) is 0 Å². The monoisotopic (exact) mass is 294 g/mol. The van der Waals surface area contributed by atoms with Crippen molar-refractivity contribution in [3.8, 4) is 0 Å². The zero-order valence-electron chi connectivity index (χ0n) is 12.6. The number of hydrogen-bond acceptors (Lipinski definition) is 5. The van der Waals surface area contributed by atoms with E-state index < -0.39 is 0 Å². The second-order valence-corrected chi connectivity index (χ2v) is 7.24. The van der Waals surface area contributed by atoms with Gasteiger partial charge in [-0.3, -0.25) is 9.80 Å². The molecule has 5 heteroatoms. The fourth-order valence-corrected chi connectivity index (χ4v) is 4.23. The molecule has 112 valence electrons. The number of nitrogens with one attached hydrogen (secondary N) is 1. The van der Waals surface area contributed by atoms with Crippen LogP contribution < -0.4 is 5.32 Å². The van der Waals surface area contributed by atoms with Crippen molar-refractivity contribution in [3.05, 3.63) is 11.1 Å². The van der Waals surface area contributed by atoms with Gasteiger partial charge in [-0.05, 0) is 32.7 Å². The van der Waals surface area contributed by atoms with Crippen LogP contribution in [0.4, 0.5) is 5.13 Å². The summed E-state index contributed by atoms with van der Waals surface area (Å²) in [4.78, 5) is 11.2. The van der Waals surface area contributed by atoms with Crippen LogP contribution in [0.15, 0.2) is 6.20 Å². The van der Waals surface area contributed by atoms with E-state index in [2.05, 4.69) is 40.1 Å². The molecule has 0 aromatic carbocycles. The Morgan fingerprint density at radius 2 is 2.35 bits per heavy atom. The third-order valence-corrected chi connectivity index (χ3v) is 5.44. The van der Waals surface area contributed by atoms with Crippen molar-refractivity contribution in [1.29, 1.82) is 0 Å². The molecule has 2 aliphatic rings. The van der Waals surface area contributed by atoms with Gasteiger partial charge in [0.1, 0.15) is 0 Å². The van der Waals surface area contributed by atoms with Gasteiger partial charge in [-0.1, -0.05) is 6.92 Å². The van der Waals surface area contributed by atoms with Gasteiger partial charge in [0, 0.05) is 49.3 Å². The van der Waals surface area contributed by atoms with E-state index >= 15 is 0 Å². The molecule has 2 aliphatic heterocycles. The molecule has 0 aliphatic carbocycles. The van der Waals surface area contributed by atoms with Gasteiger partial charge in [-0.25, -0.2) is 4.98 Å². The second-order valence-electron chi connectivity index (χ2n) is 6.13. The number of nitrogens with zero attached hydrogens (tertiary/aromatic N) is 3. The maximum absolute atomic E-state index is 4.48. The Balaban J connectivity index is 1.57. The molecule has 0 spiro atoms. The first kappa shape index (κ1) is 14.3. The van der Waals surface area contributed by atoms with Crippen molar-refractivity contribution >= 4 is 16.5 Å². The molecule has 2 saturated heterocycles. The molecule has 20 heavy (non-hydrogen) atoms. The first-order valence-electron chi connectivity index (χ1n) is 7.93. The topological polar surface area (TPSA) is 31.4 Å². The number of hydrogen-bond donors (Lipinski definition) is 1. The summed E-state index contributed by atoms with van der Waals surface area (Å²) in [6.45, 7) is 10.4. The van der Waals surface area contributed by atoms with E-state index in [-0.39, 0.29) is 0 Å². The van der Waals surface area contributed by atoms with E-state index in [0.717, 1.165) is 30.7 Å². The second kappa shape index (κ2) is 6.41. The van der Waals surface area contributed by atoms with Gasteiger partial charge in [0.05, 0.1) is 0 Å². The van der Waals surface area contributed by atoms with Crippen molar-refractivity contribution in [2.24, 2.45) is 0 Å². The largest absolute Gasteiger partial charge is 0.362 e. The minimum atomic E-state index is 0.665. The lowest BCUT2D eigenvalue weighted by Crippen LogP contribution is -2.54. The van der Waals surface area contributed by atoms with E-state index in [1.54, 1.807) is 0 Å². The summed E-state index contributed by atoms with van der Waals surface area (Å²) in [5.41, 5.74) is 0. The summed E-state index contributed by atoms with van der Waals surface area (Å²) >= 11 is 1.82. The highest BCUT2D eigenvalue weighted by atomic mass is 32.1. The van der Waals surface area contributed by atoms with Gasteiger partial charge in [0.15, 0.2) is 5.13 Å². The number of aromatic nitrogens is 1. The van der Waals surface area contributed by atoms with Crippen LogP contribution in [-0.2, 0) is 6.54 Å². The van der Waals surface area contributed by atoms with Gasteiger partial charge in [0.25, 0.3) is 0 Å². The van der Waals surface area contributed by atoms with Crippen LogP contribution in [0.3, 0.4) is 0 Å². The molecule has 0 radical (unpaired) electrons. The molecule has 3 heterocycles. The summed E-state index contributed by atoms with van der Waals surface area (Å²) < 4.78 is 0. The van der Waals surface area contributed by atoms with E-state index in [0.29, 0.717) is 6.04 Å². The lowest BCUT2D eigenvalue weighted by atomic mass is 10.1. The maximum Gasteiger partial charge on any atom is 0.182 e. The fourth-order valence-electron chi connectivity index (χ4n) is 3.36. The summed E-state index contributed by atoms with van der Waals surface area (Å²) in [5.74, 6) is 0. The third-order valence-electron chi connectivity index (χ3n) is 4.51. The van der Waals surface area contributed by atoms with Crippen LogP contribution in [0.2, 0.25) is 0 Å². The molecule has 3 rings (SSSR count). The molecule has 2 atom stereocenters. The van der Waals surface area contributed by atoms with Crippen LogP contribution >= 0.6 is 11.3 Å². The normalized spacial score (nSPS) is 27.7. The Kier molecular flexibility index (Phi) is 4.58. The van der Waals surface area contributed by atoms with E-state index in [9.17, 15) is 0 Å². The molecule has 4 nitrogen and oxygen atoms in total. The Morgan fingerprint density at radius 3 is 3.20 bits per heavy atom. The first-order valence-corrected chi connectivity index (χ1v) is 8.74. The molecule has 0 bridgehead atoms. The van der Waals surface area contributed by atoms with E-state index in [4.69, 9.17) is 0 Å². The molecular weight excluding hydrogens is 268 g/mol. The summed E-state index contributed by atoms with van der Waals surface area (Å²) in [6, 6.07) is 1.47. The highest BCUT2D eigenvalue weighted by molar-refractivity contribution is 7.15. The van der Waals surface area contributed by atoms with Crippen LogP contribution in [0.1, 0.15) is 38.0 Å². The Morgan fingerprint density at radius 1 is 1.45 bits per heavy atom. The molecule has 1 aromatic rings. The van der Waals surface area contributed by atoms with Crippen LogP contribution in [-0.4, -0.2) is 53.0 Å². The summed E-state index contributed by atoms with van der Waals surface area (Å²) in [5, 5.41) is 4.46.